The average Bonchev–Trinajstić information content (AvgIpc) is 1.96. The highest BCUT2D eigenvalue weighted by atomic mass is 32.2. The second kappa shape index (κ2) is 8.13. The van der Waals surface area contributed by atoms with E-state index in [0.717, 1.165) is 25.9 Å². The van der Waals surface area contributed by atoms with Crippen LogP contribution in [0.4, 0.5) is 0 Å². The van der Waals surface area contributed by atoms with Crippen molar-refractivity contribution in [3.8, 4) is 0 Å². The molecule has 5 heteroatoms. The van der Waals surface area contributed by atoms with Gasteiger partial charge in [0.2, 0.25) is 0 Å². The van der Waals surface area contributed by atoms with E-state index in [9.17, 15) is 4.21 Å². The molecule has 0 spiro atoms. The summed E-state index contributed by atoms with van der Waals surface area (Å²) in [5.41, 5.74) is 0. The molecule has 1 atom stereocenters. The van der Waals surface area contributed by atoms with Crippen molar-refractivity contribution >= 4 is 11.4 Å². The highest BCUT2D eigenvalue weighted by Gasteiger charge is 1.92. The van der Waals surface area contributed by atoms with Crippen molar-refractivity contribution in [2.45, 2.75) is 19.3 Å². The Morgan fingerprint density at radius 2 is 1.91 bits per heavy atom. The van der Waals surface area contributed by atoms with Crippen LogP contribution in [0.15, 0.2) is 0 Å². The van der Waals surface area contributed by atoms with E-state index in [2.05, 4.69) is 4.18 Å². The highest BCUT2D eigenvalue weighted by molar-refractivity contribution is 7.74. The summed E-state index contributed by atoms with van der Waals surface area (Å²) in [5, 5.41) is 0. The van der Waals surface area contributed by atoms with Crippen molar-refractivity contribution in [3.05, 3.63) is 0 Å². The van der Waals surface area contributed by atoms with E-state index in [0.29, 0.717) is 6.61 Å². The van der Waals surface area contributed by atoms with Gasteiger partial charge in [-0.05, 0) is 19.3 Å². The molecule has 0 aliphatic rings. The first-order valence-electron chi connectivity index (χ1n) is 3.50. The Labute approximate surface area is 69.4 Å². The van der Waals surface area contributed by atoms with Gasteiger partial charge in [0.05, 0.1) is 6.61 Å². The molecule has 11 heavy (non-hydrogen) atoms. The third-order valence-corrected chi connectivity index (χ3v) is 1.55. The summed E-state index contributed by atoms with van der Waals surface area (Å²) in [6.07, 6.45) is 2.73. The molecule has 0 radical (unpaired) electrons. The zero-order chi connectivity index (χ0) is 8.53. The Morgan fingerprint density at radius 1 is 1.27 bits per heavy atom. The molecule has 0 aliphatic carbocycles. The Kier molecular flexibility index (Phi) is 8.15. The monoisotopic (exact) mass is 182 g/mol. The Morgan fingerprint density at radius 3 is 2.45 bits per heavy atom. The molecule has 0 rings (SSSR count). The maximum atomic E-state index is 9.95. The lowest BCUT2D eigenvalue weighted by molar-refractivity contribution is 0.189. The van der Waals surface area contributed by atoms with E-state index in [-0.39, 0.29) is 0 Å². The van der Waals surface area contributed by atoms with Crippen LogP contribution in [0.25, 0.3) is 0 Å². The number of unbranched alkanes of at least 4 members (excludes halogenated alkanes) is 2. The van der Waals surface area contributed by atoms with Crippen molar-refractivity contribution in [2.24, 2.45) is 0 Å². The van der Waals surface area contributed by atoms with E-state index in [4.69, 9.17) is 9.29 Å². The van der Waals surface area contributed by atoms with Gasteiger partial charge in [-0.2, -0.15) is 4.21 Å². The van der Waals surface area contributed by atoms with E-state index in [1.165, 1.54) is 0 Å². The standard InChI is InChI=1S/C6H14O4S/c1-9-5-3-2-4-6-10-11(7)8/h2-6H2,1H3,(H,7,8). The van der Waals surface area contributed by atoms with Crippen LogP contribution >= 0.6 is 0 Å². The van der Waals surface area contributed by atoms with Crippen LogP contribution in [-0.4, -0.2) is 29.1 Å². The van der Waals surface area contributed by atoms with Gasteiger partial charge < -0.3 is 4.74 Å². The molecule has 0 aromatic rings. The predicted molar refractivity (Wildman–Crippen MR) is 42.5 cm³/mol. The zero-order valence-electron chi connectivity index (χ0n) is 6.62. The smallest absolute Gasteiger partial charge is 0.301 e. The highest BCUT2D eigenvalue weighted by Crippen LogP contribution is 1.96. The van der Waals surface area contributed by atoms with E-state index < -0.39 is 11.4 Å². The number of methoxy groups -OCH3 is 1. The first-order chi connectivity index (χ1) is 5.27. The lowest BCUT2D eigenvalue weighted by Gasteiger charge is -1.98. The predicted octanol–water partition coefficient (Wildman–Crippen LogP) is 0.956. The molecule has 1 N–H and O–H groups in total. The molecule has 0 amide bonds. The lowest BCUT2D eigenvalue weighted by Crippen LogP contribution is -1.98. The van der Waals surface area contributed by atoms with Crippen LogP contribution in [-0.2, 0) is 20.3 Å². The Balaban J connectivity index is 2.85. The van der Waals surface area contributed by atoms with E-state index in [1.54, 1.807) is 7.11 Å². The average molecular weight is 182 g/mol. The first-order valence-corrected chi connectivity index (χ1v) is 4.53. The Hall–Kier alpha value is 0.0300. The molecule has 0 aromatic heterocycles. The number of hydrogen-bond acceptors (Lipinski definition) is 3. The quantitative estimate of drug-likeness (QED) is 0.470. The number of hydrogen-bond donors (Lipinski definition) is 1. The van der Waals surface area contributed by atoms with Gasteiger partial charge in [-0.25, -0.2) is 0 Å². The van der Waals surface area contributed by atoms with Crippen LogP contribution in [0.3, 0.4) is 0 Å². The normalized spacial score (nSPS) is 13.3. The van der Waals surface area contributed by atoms with Crippen LogP contribution in [0.5, 0.6) is 0 Å². The molecule has 0 saturated carbocycles. The fourth-order valence-electron chi connectivity index (χ4n) is 0.655. The van der Waals surface area contributed by atoms with Gasteiger partial charge in [-0.1, -0.05) is 0 Å². The summed E-state index contributed by atoms with van der Waals surface area (Å²) in [6, 6.07) is 0. The fourth-order valence-corrected chi connectivity index (χ4v) is 0.916. The minimum Gasteiger partial charge on any atom is -0.385 e. The number of ether oxygens (including phenoxy) is 1. The van der Waals surface area contributed by atoms with Crippen molar-refractivity contribution in [1.29, 1.82) is 0 Å². The van der Waals surface area contributed by atoms with Gasteiger partial charge in [0, 0.05) is 13.7 Å². The van der Waals surface area contributed by atoms with Crippen molar-refractivity contribution in [3.63, 3.8) is 0 Å². The SMILES string of the molecule is COCCCCCOS(=O)O. The van der Waals surface area contributed by atoms with Gasteiger partial charge in [-0.3, -0.25) is 8.74 Å². The van der Waals surface area contributed by atoms with Gasteiger partial charge >= 0.3 is 11.4 Å². The molecule has 0 heterocycles. The third-order valence-electron chi connectivity index (χ3n) is 1.18. The largest absolute Gasteiger partial charge is 0.385 e. The minimum absolute atomic E-state index is 0.340. The second-order valence-electron chi connectivity index (χ2n) is 2.09. The summed E-state index contributed by atoms with van der Waals surface area (Å²) in [5.74, 6) is 0. The first kappa shape index (κ1) is 11.0. The van der Waals surface area contributed by atoms with Gasteiger partial charge in [-0.15, -0.1) is 0 Å². The molecular weight excluding hydrogens is 168 g/mol. The van der Waals surface area contributed by atoms with Gasteiger partial charge in [0.1, 0.15) is 0 Å². The lowest BCUT2D eigenvalue weighted by atomic mass is 10.2. The fraction of sp³-hybridized carbons (Fsp3) is 1.00. The van der Waals surface area contributed by atoms with Crippen LogP contribution in [0.1, 0.15) is 19.3 Å². The van der Waals surface area contributed by atoms with Crippen molar-refractivity contribution in [1.82, 2.24) is 0 Å². The van der Waals surface area contributed by atoms with E-state index >= 15 is 0 Å². The van der Waals surface area contributed by atoms with Crippen LogP contribution in [0, 0.1) is 0 Å². The molecule has 0 fully saturated rings. The Bertz CT molecular complexity index is 107. The van der Waals surface area contributed by atoms with Gasteiger partial charge in [0.25, 0.3) is 0 Å². The molecule has 0 saturated heterocycles. The van der Waals surface area contributed by atoms with Gasteiger partial charge in [0.15, 0.2) is 0 Å². The molecule has 0 bridgehead atoms. The van der Waals surface area contributed by atoms with Crippen LogP contribution in [0.2, 0.25) is 0 Å². The summed E-state index contributed by atoms with van der Waals surface area (Å²) in [4.78, 5) is 0. The second-order valence-corrected chi connectivity index (χ2v) is 2.76. The van der Waals surface area contributed by atoms with Crippen molar-refractivity contribution < 1.29 is 17.7 Å². The summed E-state index contributed by atoms with van der Waals surface area (Å²) < 4.78 is 27.4. The maximum absolute atomic E-state index is 9.95. The maximum Gasteiger partial charge on any atom is 0.301 e. The zero-order valence-corrected chi connectivity index (χ0v) is 7.43. The molecule has 0 aromatic carbocycles. The topological polar surface area (TPSA) is 55.8 Å². The van der Waals surface area contributed by atoms with Crippen LogP contribution < -0.4 is 0 Å². The molecular formula is C6H14O4S. The summed E-state index contributed by atoms with van der Waals surface area (Å²) in [7, 11) is 1.65. The molecule has 4 nitrogen and oxygen atoms in total. The molecule has 68 valence electrons. The van der Waals surface area contributed by atoms with E-state index in [1.807, 2.05) is 0 Å². The summed E-state index contributed by atoms with van der Waals surface area (Å²) >= 11 is -2.10. The third kappa shape index (κ3) is 10.0. The van der Waals surface area contributed by atoms with Crippen molar-refractivity contribution in [2.75, 3.05) is 20.3 Å². The molecule has 0 aliphatic heterocycles. The number of rotatable bonds is 7. The summed E-state index contributed by atoms with van der Waals surface area (Å²) in [6.45, 7) is 1.08. The molecule has 1 unspecified atom stereocenters. The minimum atomic E-state index is -2.10.